The van der Waals surface area contributed by atoms with E-state index in [4.69, 9.17) is 19.1 Å². The molecule has 0 aromatic carbocycles. The normalized spacial score (nSPS) is 14.5. The van der Waals surface area contributed by atoms with Gasteiger partial charge in [0.2, 0.25) is 0 Å². The van der Waals surface area contributed by atoms with Gasteiger partial charge in [-0.05, 0) is 57.8 Å². The number of ether oxygens (including phenoxy) is 2. The maximum atomic E-state index is 12.5. The number of carbonyl (C=O) groups is 2. The highest BCUT2D eigenvalue weighted by Crippen LogP contribution is 2.43. The number of hydrogen-bond acceptors (Lipinski definition) is 9. The molecule has 0 rings (SSSR count). The first-order valence-corrected chi connectivity index (χ1v) is 19.3. The molecule has 0 heterocycles. The van der Waals surface area contributed by atoms with E-state index in [1.54, 1.807) is 0 Å². The Morgan fingerprint density at radius 2 is 1.09 bits per heavy atom. The minimum absolute atomic E-state index is 0.173. The molecule has 11 heteroatoms. The first kappa shape index (κ1) is 44.5. The van der Waals surface area contributed by atoms with Crippen molar-refractivity contribution >= 4 is 19.8 Å². The monoisotopic (exact) mass is 676 g/mol. The molecule has 1 unspecified atom stereocenters. The van der Waals surface area contributed by atoms with E-state index in [2.05, 4.69) is 42.7 Å². The third kappa shape index (κ3) is 31.1. The second-order valence-corrected chi connectivity index (χ2v) is 13.3. The maximum absolute atomic E-state index is 12.5. The van der Waals surface area contributed by atoms with Crippen molar-refractivity contribution < 1.29 is 47.8 Å². The van der Waals surface area contributed by atoms with E-state index in [1.165, 1.54) is 32.1 Å². The summed E-state index contributed by atoms with van der Waals surface area (Å²) in [6, 6.07) is 0. The van der Waals surface area contributed by atoms with Gasteiger partial charge in [0, 0.05) is 12.8 Å². The van der Waals surface area contributed by atoms with E-state index >= 15 is 0 Å². The van der Waals surface area contributed by atoms with Crippen LogP contribution in [-0.2, 0) is 32.7 Å². The Hall–Kier alpha value is -1.55. The minimum atomic E-state index is -4.61. The molecule has 0 aliphatic rings. The van der Waals surface area contributed by atoms with E-state index in [0.717, 1.165) is 77.0 Å². The molecule has 0 amide bonds. The standard InChI is InChI=1S/C35H65O10P/c1-3-5-7-9-11-13-15-17-18-20-22-24-26-34(38)42-30-33(31-44-46(40,41)43-29-32(37)28-36)45-35(39)27-25-23-21-19-16-14-12-10-8-6-4-2/h10-13,32-33,36-37H,3-9,14-31H2,1-2H3,(H,40,41)/b12-10+,13-11+/t32-,33+/m0/s1. The summed E-state index contributed by atoms with van der Waals surface area (Å²) < 4.78 is 32.5. The van der Waals surface area contributed by atoms with Crippen molar-refractivity contribution in [2.24, 2.45) is 0 Å². The zero-order valence-electron chi connectivity index (χ0n) is 28.8. The van der Waals surface area contributed by atoms with Crippen LogP contribution in [0.1, 0.15) is 149 Å². The Bertz CT molecular complexity index is 832. The molecule has 3 atom stereocenters. The van der Waals surface area contributed by atoms with Crippen LogP contribution in [0.2, 0.25) is 0 Å². The molecule has 0 radical (unpaired) electrons. The minimum Gasteiger partial charge on any atom is -0.462 e. The summed E-state index contributed by atoms with van der Waals surface area (Å²) in [7, 11) is -4.61. The van der Waals surface area contributed by atoms with Gasteiger partial charge in [-0.1, -0.05) is 102 Å². The van der Waals surface area contributed by atoms with Crippen molar-refractivity contribution in [3.63, 3.8) is 0 Å². The van der Waals surface area contributed by atoms with Crippen LogP contribution in [0.25, 0.3) is 0 Å². The van der Waals surface area contributed by atoms with Gasteiger partial charge in [0.15, 0.2) is 6.10 Å². The third-order valence-electron chi connectivity index (χ3n) is 7.33. The predicted molar refractivity (Wildman–Crippen MR) is 182 cm³/mol. The molecule has 0 saturated heterocycles. The molecule has 3 N–H and O–H groups in total. The Morgan fingerprint density at radius 1 is 0.630 bits per heavy atom. The number of allylic oxidation sites excluding steroid dienone is 4. The number of esters is 2. The number of aliphatic hydroxyl groups excluding tert-OH is 2. The van der Waals surface area contributed by atoms with Crippen molar-refractivity contribution in [1.82, 2.24) is 0 Å². The topological polar surface area (TPSA) is 149 Å². The SMILES string of the molecule is CCCC/C=C/CCCCCCCC(=O)O[C@H](COC(=O)CCCCCCC/C=C/CCCCC)COP(=O)(O)OC[C@@H](O)CO. The molecule has 0 aliphatic carbocycles. The molecule has 270 valence electrons. The summed E-state index contributed by atoms with van der Waals surface area (Å²) in [5, 5.41) is 18.2. The highest BCUT2D eigenvalue weighted by atomic mass is 31.2. The largest absolute Gasteiger partial charge is 0.472 e. The Labute approximate surface area is 278 Å². The van der Waals surface area contributed by atoms with E-state index in [1.807, 2.05) is 0 Å². The first-order chi connectivity index (χ1) is 22.2. The predicted octanol–water partition coefficient (Wildman–Crippen LogP) is 8.27. The average Bonchev–Trinajstić information content (AvgIpc) is 3.04. The van der Waals surface area contributed by atoms with Gasteiger partial charge in [-0.15, -0.1) is 0 Å². The molecule has 0 spiro atoms. The fraction of sp³-hybridized carbons (Fsp3) is 0.829. The first-order valence-electron chi connectivity index (χ1n) is 17.8. The quantitative estimate of drug-likeness (QED) is 0.0268. The maximum Gasteiger partial charge on any atom is 0.472 e. The Balaban J connectivity index is 4.44. The molecule has 0 bridgehead atoms. The molecule has 0 aliphatic heterocycles. The molecule has 0 fully saturated rings. The van der Waals surface area contributed by atoms with Crippen LogP contribution in [0.15, 0.2) is 24.3 Å². The molecule has 10 nitrogen and oxygen atoms in total. The summed E-state index contributed by atoms with van der Waals surface area (Å²) in [5.41, 5.74) is 0. The summed E-state index contributed by atoms with van der Waals surface area (Å²) >= 11 is 0. The molecular formula is C35H65O10P. The van der Waals surface area contributed by atoms with E-state index < -0.39 is 51.8 Å². The van der Waals surface area contributed by atoms with Crippen LogP contribution in [-0.4, -0.2) is 65.7 Å². The van der Waals surface area contributed by atoms with Crippen molar-refractivity contribution in [3.8, 4) is 0 Å². The fourth-order valence-corrected chi connectivity index (χ4v) is 5.29. The summed E-state index contributed by atoms with van der Waals surface area (Å²) in [6.45, 7) is 2.26. The Kier molecular flexibility index (Phi) is 30.9. The summed E-state index contributed by atoms with van der Waals surface area (Å²) in [4.78, 5) is 34.7. The van der Waals surface area contributed by atoms with Crippen molar-refractivity contribution in [3.05, 3.63) is 24.3 Å². The molecular weight excluding hydrogens is 611 g/mol. The van der Waals surface area contributed by atoms with Gasteiger partial charge < -0.3 is 24.6 Å². The zero-order chi connectivity index (χ0) is 34.1. The van der Waals surface area contributed by atoms with Crippen molar-refractivity contribution in [2.45, 2.75) is 161 Å². The van der Waals surface area contributed by atoms with E-state index in [9.17, 15) is 24.2 Å². The lowest BCUT2D eigenvalue weighted by molar-refractivity contribution is -0.161. The lowest BCUT2D eigenvalue weighted by Crippen LogP contribution is -2.29. The number of phosphoric acid groups is 1. The number of carbonyl (C=O) groups excluding carboxylic acids is 2. The molecule has 0 saturated carbocycles. The smallest absolute Gasteiger partial charge is 0.462 e. The van der Waals surface area contributed by atoms with Gasteiger partial charge in [-0.3, -0.25) is 18.6 Å². The molecule has 0 aromatic heterocycles. The van der Waals surface area contributed by atoms with Gasteiger partial charge in [0.25, 0.3) is 0 Å². The van der Waals surface area contributed by atoms with E-state index in [0.29, 0.717) is 12.8 Å². The van der Waals surface area contributed by atoms with Crippen LogP contribution < -0.4 is 0 Å². The lowest BCUT2D eigenvalue weighted by atomic mass is 10.1. The van der Waals surface area contributed by atoms with Crippen LogP contribution in [0.3, 0.4) is 0 Å². The van der Waals surface area contributed by atoms with Crippen LogP contribution in [0.5, 0.6) is 0 Å². The molecule has 0 aromatic rings. The van der Waals surface area contributed by atoms with Crippen LogP contribution in [0.4, 0.5) is 0 Å². The average molecular weight is 677 g/mol. The number of rotatable bonds is 33. The molecule has 46 heavy (non-hydrogen) atoms. The van der Waals surface area contributed by atoms with Gasteiger partial charge in [-0.2, -0.15) is 0 Å². The highest BCUT2D eigenvalue weighted by Gasteiger charge is 2.27. The number of phosphoric ester groups is 1. The zero-order valence-corrected chi connectivity index (χ0v) is 29.7. The highest BCUT2D eigenvalue weighted by molar-refractivity contribution is 7.47. The third-order valence-corrected chi connectivity index (χ3v) is 8.28. The van der Waals surface area contributed by atoms with Gasteiger partial charge in [0.1, 0.15) is 12.7 Å². The number of unbranched alkanes of at least 4 members (excludes halogenated alkanes) is 15. The van der Waals surface area contributed by atoms with E-state index in [-0.39, 0.29) is 19.4 Å². The van der Waals surface area contributed by atoms with Crippen LogP contribution in [0, 0.1) is 0 Å². The summed E-state index contributed by atoms with van der Waals surface area (Å²) in [6.07, 6.45) is 27.3. The summed E-state index contributed by atoms with van der Waals surface area (Å²) in [5.74, 6) is -0.950. The second kappa shape index (κ2) is 32.0. The van der Waals surface area contributed by atoms with Gasteiger partial charge in [-0.25, -0.2) is 4.57 Å². The van der Waals surface area contributed by atoms with Gasteiger partial charge in [0.05, 0.1) is 19.8 Å². The Morgan fingerprint density at radius 3 is 1.63 bits per heavy atom. The lowest BCUT2D eigenvalue weighted by Gasteiger charge is -2.20. The number of aliphatic hydroxyl groups is 2. The number of hydrogen-bond donors (Lipinski definition) is 3. The van der Waals surface area contributed by atoms with Crippen molar-refractivity contribution in [2.75, 3.05) is 26.4 Å². The van der Waals surface area contributed by atoms with Gasteiger partial charge >= 0.3 is 19.8 Å². The van der Waals surface area contributed by atoms with Crippen LogP contribution >= 0.6 is 7.82 Å². The van der Waals surface area contributed by atoms with Crippen molar-refractivity contribution in [1.29, 1.82) is 0 Å². The second-order valence-electron chi connectivity index (χ2n) is 11.9. The fourth-order valence-electron chi connectivity index (χ4n) is 4.50.